The van der Waals surface area contributed by atoms with E-state index in [0.29, 0.717) is 11.3 Å². The van der Waals surface area contributed by atoms with Gasteiger partial charge in [-0.1, -0.05) is 59.8 Å². The molecule has 112 valence electrons. The second-order valence-electron chi connectivity index (χ2n) is 5.11. The van der Waals surface area contributed by atoms with Crippen molar-refractivity contribution in [3.05, 3.63) is 83.6 Å². The highest BCUT2D eigenvalue weighted by atomic mass is 32.2. The average molecular weight is 317 g/mol. The highest BCUT2D eigenvalue weighted by Gasteiger charge is 2.05. The first-order chi connectivity index (χ1) is 11.2. The van der Waals surface area contributed by atoms with E-state index >= 15 is 0 Å². The first-order valence-electron chi connectivity index (χ1n) is 7.26. The molecule has 0 atom stereocenters. The van der Waals surface area contributed by atoms with Crippen LogP contribution in [0.2, 0.25) is 0 Å². The van der Waals surface area contributed by atoms with Gasteiger partial charge in [-0.3, -0.25) is 0 Å². The van der Waals surface area contributed by atoms with E-state index < -0.39 is 0 Å². The van der Waals surface area contributed by atoms with E-state index in [1.165, 1.54) is 5.56 Å². The van der Waals surface area contributed by atoms with Gasteiger partial charge in [0.15, 0.2) is 5.09 Å². The minimum absolute atomic E-state index is 0.590. The SMILES string of the molecule is Cc1ccc(Sc2ccc(/C=C(/C#N)c3ccccc3)o2)cc1. The molecule has 2 aromatic carbocycles. The number of allylic oxidation sites excluding steroid dienone is 1. The average Bonchev–Trinajstić information content (AvgIpc) is 3.03. The molecule has 0 spiro atoms. The molecule has 0 aliphatic heterocycles. The van der Waals surface area contributed by atoms with E-state index in [0.717, 1.165) is 15.6 Å². The lowest BCUT2D eigenvalue weighted by molar-refractivity contribution is 0.466. The molecule has 0 fully saturated rings. The Bertz CT molecular complexity index is 855. The van der Waals surface area contributed by atoms with Crippen LogP contribution in [0.15, 0.2) is 81.1 Å². The second kappa shape index (κ2) is 7.04. The zero-order valence-electron chi connectivity index (χ0n) is 12.7. The van der Waals surface area contributed by atoms with Gasteiger partial charge >= 0.3 is 0 Å². The number of aryl methyl sites for hydroxylation is 1. The van der Waals surface area contributed by atoms with Gasteiger partial charge in [-0.15, -0.1) is 0 Å². The summed E-state index contributed by atoms with van der Waals surface area (Å²) >= 11 is 1.57. The van der Waals surface area contributed by atoms with Gasteiger partial charge in [0, 0.05) is 4.90 Å². The molecule has 3 aromatic rings. The molecule has 0 aliphatic rings. The third kappa shape index (κ3) is 3.94. The Kier molecular flexibility index (Phi) is 4.65. The summed E-state index contributed by atoms with van der Waals surface area (Å²) in [4.78, 5) is 1.13. The Hall–Kier alpha value is -2.70. The molecule has 0 unspecified atom stereocenters. The summed E-state index contributed by atoms with van der Waals surface area (Å²) in [6.07, 6.45) is 1.77. The summed E-state index contributed by atoms with van der Waals surface area (Å²) in [5.74, 6) is 0.681. The molecule has 0 N–H and O–H groups in total. The largest absolute Gasteiger partial charge is 0.450 e. The summed E-state index contributed by atoms with van der Waals surface area (Å²) in [6.45, 7) is 2.07. The fourth-order valence-electron chi connectivity index (χ4n) is 2.13. The topological polar surface area (TPSA) is 36.9 Å². The first-order valence-corrected chi connectivity index (χ1v) is 8.08. The number of nitriles is 1. The van der Waals surface area contributed by atoms with Crippen LogP contribution in [0.25, 0.3) is 11.6 Å². The maximum atomic E-state index is 9.34. The van der Waals surface area contributed by atoms with Crippen molar-refractivity contribution in [1.29, 1.82) is 5.26 Å². The molecule has 3 heteroatoms. The van der Waals surface area contributed by atoms with Crippen LogP contribution >= 0.6 is 11.8 Å². The van der Waals surface area contributed by atoms with Gasteiger partial charge in [0.05, 0.1) is 11.6 Å². The van der Waals surface area contributed by atoms with E-state index in [9.17, 15) is 5.26 Å². The zero-order valence-corrected chi connectivity index (χ0v) is 13.5. The summed E-state index contributed by atoms with van der Waals surface area (Å²) in [7, 11) is 0. The van der Waals surface area contributed by atoms with Crippen molar-refractivity contribution in [2.45, 2.75) is 16.9 Å². The molecule has 0 radical (unpaired) electrons. The van der Waals surface area contributed by atoms with E-state index in [-0.39, 0.29) is 0 Å². The minimum Gasteiger partial charge on any atom is -0.450 e. The highest BCUT2D eigenvalue weighted by molar-refractivity contribution is 7.99. The van der Waals surface area contributed by atoms with Gasteiger partial charge in [0.1, 0.15) is 5.76 Å². The van der Waals surface area contributed by atoms with Crippen LogP contribution in [0.3, 0.4) is 0 Å². The summed E-state index contributed by atoms with van der Waals surface area (Å²) in [6, 6.07) is 23.9. The third-order valence-electron chi connectivity index (χ3n) is 3.33. The molecular weight excluding hydrogens is 302 g/mol. The summed E-state index contributed by atoms with van der Waals surface area (Å²) in [5, 5.41) is 10.2. The Labute approximate surface area is 140 Å². The van der Waals surface area contributed by atoms with Crippen LogP contribution in [0, 0.1) is 18.3 Å². The van der Waals surface area contributed by atoms with E-state index in [1.807, 2.05) is 42.5 Å². The number of hydrogen-bond acceptors (Lipinski definition) is 3. The molecule has 0 saturated heterocycles. The van der Waals surface area contributed by atoms with Gasteiger partial charge in [0.2, 0.25) is 0 Å². The zero-order chi connectivity index (χ0) is 16.1. The highest BCUT2D eigenvalue weighted by Crippen LogP contribution is 2.30. The van der Waals surface area contributed by atoms with Crippen molar-refractivity contribution in [3.63, 3.8) is 0 Å². The molecule has 3 rings (SSSR count). The molecule has 1 aromatic heterocycles. The van der Waals surface area contributed by atoms with Gasteiger partial charge in [-0.2, -0.15) is 5.26 Å². The van der Waals surface area contributed by atoms with Crippen LogP contribution in [-0.4, -0.2) is 0 Å². The fourth-order valence-corrected chi connectivity index (χ4v) is 2.91. The van der Waals surface area contributed by atoms with Crippen molar-refractivity contribution in [2.24, 2.45) is 0 Å². The predicted octanol–water partition coefficient (Wildman–Crippen LogP) is 5.80. The lowest BCUT2D eigenvalue weighted by atomic mass is 10.1. The smallest absolute Gasteiger partial charge is 0.165 e. The Balaban J connectivity index is 1.80. The summed E-state index contributed by atoms with van der Waals surface area (Å²) < 4.78 is 5.81. The molecular formula is C20H15NOS. The van der Waals surface area contributed by atoms with Gasteiger partial charge in [0.25, 0.3) is 0 Å². The van der Waals surface area contributed by atoms with Gasteiger partial charge in [-0.25, -0.2) is 0 Å². The maximum Gasteiger partial charge on any atom is 0.165 e. The molecule has 23 heavy (non-hydrogen) atoms. The lowest BCUT2D eigenvalue weighted by Crippen LogP contribution is -1.79. The van der Waals surface area contributed by atoms with Crippen molar-refractivity contribution >= 4 is 23.4 Å². The quantitative estimate of drug-likeness (QED) is 0.570. The predicted molar refractivity (Wildman–Crippen MR) is 93.9 cm³/mol. The Morgan fingerprint density at radius 1 is 1.00 bits per heavy atom. The molecule has 1 heterocycles. The number of benzene rings is 2. The van der Waals surface area contributed by atoms with Crippen molar-refractivity contribution in [3.8, 4) is 6.07 Å². The lowest BCUT2D eigenvalue weighted by Gasteiger charge is -1.99. The Morgan fingerprint density at radius 3 is 2.43 bits per heavy atom. The van der Waals surface area contributed by atoms with Gasteiger partial charge < -0.3 is 4.42 Å². The van der Waals surface area contributed by atoms with Crippen LogP contribution in [-0.2, 0) is 0 Å². The van der Waals surface area contributed by atoms with Crippen LogP contribution in [0.1, 0.15) is 16.9 Å². The summed E-state index contributed by atoms with van der Waals surface area (Å²) in [5.41, 5.74) is 2.71. The van der Waals surface area contributed by atoms with Crippen molar-refractivity contribution in [1.82, 2.24) is 0 Å². The standard InChI is InChI=1S/C20H15NOS/c1-15-7-10-19(11-8-15)23-20-12-9-18(22-20)13-17(14-21)16-5-3-2-4-6-16/h2-13H,1H3/b17-13-. The number of hydrogen-bond donors (Lipinski definition) is 0. The molecule has 0 bridgehead atoms. The molecule has 0 amide bonds. The first kappa shape index (κ1) is 15.2. The number of rotatable bonds is 4. The monoisotopic (exact) mass is 317 g/mol. The second-order valence-corrected chi connectivity index (χ2v) is 6.19. The van der Waals surface area contributed by atoms with Crippen LogP contribution < -0.4 is 0 Å². The normalized spacial score (nSPS) is 11.2. The minimum atomic E-state index is 0.590. The third-order valence-corrected chi connectivity index (χ3v) is 4.26. The van der Waals surface area contributed by atoms with E-state index in [1.54, 1.807) is 17.8 Å². The number of nitrogens with zero attached hydrogens (tertiary/aromatic N) is 1. The van der Waals surface area contributed by atoms with E-state index in [2.05, 4.69) is 37.3 Å². The van der Waals surface area contributed by atoms with Gasteiger partial charge in [-0.05, 0) is 42.8 Å². The van der Waals surface area contributed by atoms with E-state index in [4.69, 9.17) is 4.42 Å². The molecule has 0 aliphatic carbocycles. The van der Waals surface area contributed by atoms with Crippen molar-refractivity contribution < 1.29 is 4.42 Å². The van der Waals surface area contributed by atoms with Crippen LogP contribution in [0.4, 0.5) is 0 Å². The maximum absolute atomic E-state index is 9.34. The molecule has 0 saturated carbocycles. The molecule has 2 nitrogen and oxygen atoms in total. The fraction of sp³-hybridized carbons (Fsp3) is 0.0500. The Morgan fingerprint density at radius 2 is 1.74 bits per heavy atom. The van der Waals surface area contributed by atoms with Crippen LogP contribution in [0.5, 0.6) is 0 Å². The van der Waals surface area contributed by atoms with Crippen molar-refractivity contribution in [2.75, 3.05) is 0 Å². The number of furan rings is 1.